The lowest BCUT2D eigenvalue weighted by Crippen LogP contribution is -2.25. The molecule has 4 nitrogen and oxygen atoms in total. The van der Waals surface area contributed by atoms with Crippen LogP contribution in [0.5, 0.6) is 0 Å². The molecule has 0 saturated carbocycles. The number of halogens is 3. The van der Waals surface area contributed by atoms with Gasteiger partial charge in [-0.3, -0.25) is 9.59 Å². The van der Waals surface area contributed by atoms with Crippen molar-refractivity contribution in [3.8, 4) is 0 Å². The van der Waals surface area contributed by atoms with E-state index in [1.165, 1.54) is 0 Å². The van der Waals surface area contributed by atoms with E-state index in [0.29, 0.717) is 32.1 Å². The Bertz CT molecular complexity index is 523. The molecule has 1 aromatic rings. The number of unbranched alkanes of at least 4 members (excludes halogenated alkanes) is 3. The van der Waals surface area contributed by atoms with Gasteiger partial charge in [-0.25, -0.2) is 0 Å². The lowest BCUT2D eigenvalue weighted by molar-refractivity contribution is -0.137. The largest absolute Gasteiger partial charge is 0.481 e. The van der Waals surface area contributed by atoms with Gasteiger partial charge in [0, 0.05) is 21.6 Å². The summed E-state index contributed by atoms with van der Waals surface area (Å²) in [6.07, 6.45) is 3.43. The number of hydrogen-bond acceptors (Lipinski definition) is 2. The first kappa shape index (κ1) is 18.5. The molecule has 0 fully saturated rings. The first-order chi connectivity index (χ1) is 9.91. The minimum Gasteiger partial charge on any atom is -0.481 e. The van der Waals surface area contributed by atoms with Crippen LogP contribution in [0.3, 0.4) is 0 Å². The molecule has 2 N–H and O–H groups in total. The Kier molecular flexibility index (Phi) is 8.36. The number of carbonyl (C=O) groups excluding carboxylic acids is 1. The van der Waals surface area contributed by atoms with Crippen molar-refractivity contribution in [3.05, 3.63) is 31.3 Å². The van der Waals surface area contributed by atoms with E-state index < -0.39 is 5.97 Å². The number of carboxylic acids is 1. The highest BCUT2D eigenvalue weighted by molar-refractivity contribution is 14.1. The predicted molar refractivity (Wildman–Crippen MR) is 92.2 cm³/mol. The van der Waals surface area contributed by atoms with Gasteiger partial charge in [-0.1, -0.05) is 36.0 Å². The molecule has 0 spiro atoms. The summed E-state index contributed by atoms with van der Waals surface area (Å²) < 4.78 is 0.678. The van der Waals surface area contributed by atoms with Gasteiger partial charge in [0.25, 0.3) is 5.91 Å². The van der Waals surface area contributed by atoms with Gasteiger partial charge in [0.1, 0.15) is 0 Å². The Labute approximate surface area is 147 Å². The number of aliphatic carboxylic acids is 1. The molecule has 1 rings (SSSR count). The number of carboxylic acid groups (broad SMARTS) is 1. The van der Waals surface area contributed by atoms with Gasteiger partial charge in [0.05, 0.1) is 10.6 Å². The van der Waals surface area contributed by atoms with Crippen LogP contribution in [-0.4, -0.2) is 23.5 Å². The second-order valence-electron chi connectivity index (χ2n) is 4.56. The van der Waals surface area contributed by atoms with Crippen LogP contribution in [-0.2, 0) is 4.79 Å². The summed E-state index contributed by atoms with van der Waals surface area (Å²) in [4.78, 5) is 22.4. The highest BCUT2D eigenvalue weighted by atomic mass is 127. The number of rotatable bonds is 8. The van der Waals surface area contributed by atoms with E-state index in [0.717, 1.165) is 19.3 Å². The quantitative estimate of drug-likeness (QED) is 0.356. The fourth-order valence-electron chi connectivity index (χ4n) is 1.77. The monoisotopic (exact) mass is 443 g/mol. The van der Waals surface area contributed by atoms with Crippen molar-refractivity contribution in [1.29, 1.82) is 0 Å². The average Bonchev–Trinajstić information content (AvgIpc) is 2.41. The van der Waals surface area contributed by atoms with Crippen molar-refractivity contribution in [3.63, 3.8) is 0 Å². The summed E-state index contributed by atoms with van der Waals surface area (Å²) in [5.41, 5.74) is 0.471. The summed E-state index contributed by atoms with van der Waals surface area (Å²) in [7, 11) is 0. The molecule has 0 aliphatic rings. The third-order valence-electron chi connectivity index (χ3n) is 2.84. The van der Waals surface area contributed by atoms with Crippen LogP contribution in [0.1, 0.15) is 42.5 Å². The van der Waals surface area contributed by atoms with E-state index in [1.54, 1.807) is 12.1 Å². The fraction of sp³-hybridized carbons (Fsp3) is 0.429. The molecule has 1 amide bonds. The Morgan fingerprint density at radius 1 is 1.14 bits per heavy atom. The van der Waals surface area contributed by atoms with Gasteiger partial charge >= 0.3 is 5.97 Å². The highest BCUT2D eigenvalue weighted by Gasteiger charge is 2.13. The Morgan fingerprint density at radius 2 is 1.81 bits per heavy atom. The van der Waals surface area contributed by atoms with Gasteiger partial charge in [-0.2, -0.15) is 0 Å². The van der Waals surface area contributed by atoms with E-state index >= 15 is 0 Å². The molecule has 1 aromatic carbocycles. The minimum absolute atomic E-state index is 0.200. The highest BCUT2D eigenvalue weighted by Crippen LogP contribution is 2.26. The van der Waals surface area contributed by atoms with Crippen molar-refractivity contribution in [1.82, 2.24) is 5.32 Å². The normalized spacial score (nSPS) is 10.4. The molecular weight excluding hydrogens is 428 g/mol. The Balaban J connectivity index is 2.33. The smallest absolute Gasteiger partial charge is 0.303 e. The maximum Gasteiger partial charge on any atom is 0.303 e. The zero-order valence-corrected chi connectivity index (χ0v) is 15.0. The number of amides is 1. The van der Waals surface area contributed by atoms with Crippen LogP contribution >= 0.6 is 45.8 Å². The lowest BCUT2D eigenvalue weighted by atomic mass is 10.1. The fourth-order valence-corrected chi connectivity index (χ4v) is 2.82. The second-order valence-corrected chi connectivity index (χ2v) is 6.49. The van der Waals surface area contributed by atoms with Crippen LogP contribution in [0.2, 0.25) is 10.0 Å². The molecule has 116 valence electrons. The molecule has 7 heteroatoms. The summed E-state index contributed by atoms with van der Waals surface area (Å²) in [6, 6.07) is 3.20. The molecule has 21 heavy (non-hydrogen) atoms. The van der Waals surface area contributed by atoms with Crippen LogP contribution < -0.4 is 5.32 Å². The van der Waals surface area contributed by atoms with Crippen molar-refractivity contribution in [2.24, 2.45) is 0 Å². The van der Waals surface area contributed by atoms with Crippen molar-refractivity contribution in [2.75, 3.05) is 6.54 Å². The lowest BCUT2D eigenvalue weighted by Gasteiger charge is -2.08. The standard InChI is InChI=1S/C14H16Cl2INO3/c15-9-7-10(13(17)11(16)8-9)14(21)18-6-4-2-1-3-5-12(19)20/h7-8H,1-6H2,(H,18,21)(H,19,20). The van der Waals surface area contributed by atoms with Gasteiger partial charge in [-0.15, -0.1) is 0 Å². The van der Waals surface area contributed by atoms with E-state index in [4.69, 9.17) is 28.3 Å². The second kappa shape index (κ2) is 9.48. The Morgan fingerprint density at radius 3 is 2.48 bits per heavy atom. The van der Waals surface area contributed by atoms with Gasteiger partial charge < -0.3 is 10.4 Å². The van der Waals surface area contributed by atoms with E-state index in [9.17, 15) is 9.59 Å². The number of hydrogen-bond donors (Lipinski definition) is 2. The SMILES string of the molecule is O=C(O)CCCCCCNC(=O)c1cc(Cl)cc(Cl)c1I. The van der Waals surface area contributed by atoms with Crippen LogP contribution in [0.25, 0.3) is 0 Å². The van der Waals surface area contributed by atoms with E-state index in [-0.39, 0.29) is 12.3 Å². The maximum absolute atomic E-state index is 12.0. The van der Waals surface area contributed by atoms with Gasteiger partial charge in [0.2, 0.25) is 0 Å². The van der Waals surface area contributed by atoms with Crippen LogP contribution in [0, 0.1) is 3.57 Å². The van der Waals surface area contributed by atoms with Gasteiger partial charge in [0.15, 0.2) is 0 Å². The van der Waals surface area contributed by atoms with Crippen molar-refractivity contribution < 1.29 is 14.7 Å². The summed E-state index contributed by atoms with van der Waals surface area (Å²) in [5.74, 6) is -0.968. The summed E-state index contributed by atoms with van der Waals surface area (Å²) in [5, 5.41) is 12.2. The zero-order chi connectivity index (χ0) is 15.8. The Hall–Kier alpha value is -0.530. The molecule has 0 atom stereocenters. The molecule has 0 heterocycles. The molecule has 0 aliphatic carbocycles. The minimum atomic E-state index is -0.768. The molecule has 0 bridgehead atoms. The van der Waals surface area contributed by atoms with Crippen molar-refractivity contribution >= 4 is 57.7 Å². The molecular formula is C14H16Cl2INO3. The van der Waals surface area contributed by atoms with E-state index in [1.807, 2.05) is 22.6 Å². The number of benzene rings is 1. The van der Waals surface area contributed by atoms with Crippen LogP contribution in [0.4, 0.5) is 0 Å². The molecule has 0 saturated heterocycles. The summed E-state index contributed by atoms with van der Waals surface area (Å²) in [6.45, 7) is 0.548. The zero-order valence-electron chi connectivity index (χ0n) is 11.3. The molecule has 0 aliphatic heterocycles. The predicted octanol–water partition coefficient (Wildman–Crippen LogP) is 4.36. The van der Waals surface area contributed by atoms with Crippen molar-refractivity contribution in [2.45, 2.75) is 32.1 Å². The number of nitrogens with one attached hydrogen (secondary N) is 1. The first-order valence-corrected chi connectivity index (χ1v) is 8.40. The molecule has 0 radical (unpaired) electrons. The molecule has 0 unspecified atom stereocenters. The topological polar surface area (TPSA) is 66.4 Å². The first-order valence-electron chi connectivity index (χ1n) is 6.56. The third-order valence-corrected chi connectivity index (χ3v) is 4.84. The number of carbonyl (C=O) groups is 2. The third kappa shape index (κ3) is 6.84. The van der Waals surface area contributed by atoms with E-state index in [2.05, 4.69) is 5.32 Å². The van der Waals surface area contributed by atoms with Crippen LogP contribution in [0.15, 0.2) is 12.1 Å². The van der Waals surface area contributed by atoms with Gasteiger partial charge in [-0.05, 0) is 47.6 Å². The summed E-state index contributed by atoms with van der Waals surface area (Å²) >= 11 is 13.9. The average molecular weight is 444 g/mol. The maximum atomic E-state index is 12.0. The molecule has 0 aromatic heterocycles.